The smallest absolute Gasteiger partial charge is 0.131 e. The van der Waals surface area contributed by atoms with Crippen molar-refractivity contribution in [2.24, 2.45) is 7.05 Å². The van der Waals surface area contributed by atoms with E-state index < -0.39 is 0 Å². The van der Waals surface area contributed by atoms with Crippen LogP contribution in [0.1, 0.15) is 24.4 Å². The minimum absolute atomic E-state index is 0.135. The number of hydrogen-bond acceptors (Lipinski definition) is 2. The Morgan fingerprint density at radius 1 is 1.19 bits per heavy atom. The van der Waals surface area contributed by atoms with E-state index in [0.29, 0.717) is 0 Å². The summed E-state index contributed by atoms with van der Waals surface area (Å²) in [6, 6.07) is 14.6. The first kappa shape index (κ1) is 14.1. The summed E-state index contributed by atoms with van der Waals surface area (Å²) < 4.78 is 3.23. The maximum absolute atomic E-state index is 4.75. The SMILES string of the molecule is Cc1ccc(Br)cc1NC(C)c1nc2ccccc2n1C. The summed E-state index contributed by atoms with van der Waals surface area (Å²) in [7, 11) is 2.07. The number of anilines is 1. The molecule has 0 aliphatic heterocycles. The molecule has 0 spiro atoms. The van der Waals surface area contributed by atoms with Crippen LogP contribution in [0.2, 0.25) is 0 Å². The van der Waals surface area contributed by atoms with Crippen LogP contribution < -0.4 is 5.32 Å². The van der Waals surface area contributed by atoms with Crippen molar-refractivity contribution in [3.05, 3.63) is 58.3 Å². The molecule has 3 rings (SSSR count). The molecular formula is C17H18BrN3. The highest BCUT2D eigenvalue weighted by atomic mass is 79.9. The van der Waals surface area contributed by atoms with E-state index in [1.165, 1.54) is 5.56 Å². The quantitative estimate of drug-likeness (QED) is 0.738. The molecule has 108 valence electrons. The van der Waals surface area contributed by atoms with Crippen LogP contribution in [0.5, 0.6) is 0 Å². The van der Waals surface area contributed by atoms with Crippen LogP contribution in [-0.2, 0) is 7.05 Å². The Bertz CT molecular complexity index is 792. The lowest BCUT2D eigenvalue weighted by Gasteiger charge is -2.17. The Hall–Kier alpha value is -1.81. The van der Waals surface area contributed by atoms with Gasteiger partial charge in [0, 0.05) is 17.2 Å². The summed E-state index contributed by atoms with van der Waals surface area (Å²) in [5.41, 5.74) is 4.55. The average molecular weight is 344 g/mol. The van der Waals surface area contributed by atoms with Gasteiger partial charge in [-0.15, -0.1) is 0 Å². The number of hydrogen-bond donors (Lipinski definition) is 1. The first-order chi connectivity index (χ1) is 10.1. The molecular weight excluding hydrogens is 326 g/mol. The van der Waals surface area contributed by atoms with Crippen molar-refractivity contribution in [2.45, 2.75) is 19.9 Å². The van der Waals surface area contributed by atoms with E-state index in [0.717, 1.165) is 27.0 Å². The molecule has 1 heterocycles. The number of rotatable bonds is 3. The van der Waals surface area contributed by atoms with Crippen LogP contribution in [-0.4, -0.2) is 9.55 Å². The van der Waals surface area contributed by atoms with E-state index in [1.807, 2.05) is 12.1 Å². The van der Waals surface area contributed by atoms with E-state index in [9.17, 15) is 0 Å². The van der Waals surface area contributed by atoms with Crippen LogP contribution in [0.3, 0.4) is 0 Å². The van der Waals surface area contributed by atoms with Crippen LogP contribution in [0.15, 0.2) is 46.9 Å². The Labute approximate surface area is 133 Å². The fourth-order valence-electron chi connectivity index (χ4n) is 2.60. The summed E-state index contributed by atoms with van der Waals surface area (Å²) in [5.74, 6) is 1.04. The van der Waals surface area contributed by atoms with Gasteiger partial charge in [-0.25, -0.2) is 4.98 Å². The van der Waals surface area contributed by atoms with Gasteiger partial charge in [0.05, 0.1) is 17.1 Å². The first-order valence-corrected chi connectivity index (χ1v) is 7.79. The summed E-state index contributed by atoms with van der Waals surface area (Å²) in [6.07, 6.45) is 0. The molecule has 0 saturated heterocycles. The monoisotopic (exact) mass is 343 g/mol. The standard InChI is InChI=1S/C17H18BrN3/c1-11-8-9-13(18)10-15(11)19-12(2)17-20-14-6-4-5-7-16(14)21(17)3/h4-10,12,19H,1-3H3. The number of para-hydroxylation sites is 2. The van der Waals surface area contributed by atoms with Crippen molar-refractivity contribution in [1.82, 2.24) is 9.55 Å². The Kier molecular flexibility index (Phi) is 3.72. The fourth-order valence-corrected chi connectivity index (χ4v) is 2.96. The van der Waals surface area contributed by atoms with Crippen molar-refractivity contribution < 1.29 is 0 Å². The normalized spacial score (nSPS) is 12.6. The Balaban J connectivity index is 1.95. The van der Waals surface area contributed by atoms with Gasteiger partial charge in [-0.3, -0.25) is 0 Å². The second-order valence-corrected chi connectivity index (χ2v) is 6.26. The minimum Gasteiger partial charge on any atom is -0.375 e. The molecule has 0 aliphatic rings. The third kappa shape index (κ3) is 2.68. The van der Waals surface area contributed by atoms with Crippen molar-refractivity contribution >= 4 is 32.7 Å². The summed E-state index contributed by atoms with van der Waals surface area (Å²) in [6.45, 7) is 4.25. The molecule has 2 aromatic carbocycles. The molecule has 1 unspecified atom stereocenters. The van der Waals surface area contributed by atoms with E-state index in [1.54, 1.807) is 0 Å². The number of halogens is 1. The van der Waals surface area contributed by atoms with Gasteiger partial charge in [0.1, 0.15) is 5.82 Å². The summed E-state index contributed by atoms with van der Waals surface area (Å²) in [5, 5.41) is 3.56. The lowest BCUT2D eigenvalue weighted by atomic mass is 10.2. The molecule has 0 saturated carbocycles. The topological polar surface area (TPSA) is 29.9 Å². The molecule has 3 nitrogen and oxygen atoms in total. The summed E-state index contributed by atoms with van der Waals surface area (Å²) in [4.78, 5) is 4.75. The molecule has 0 bridgehead atoms. The molecule has 1 atom stereocenters. The third-order valence-electron chi connectivity index (χ3n) is 3.78. The van der Waals surface area contributed by atoms with Crippen molar-refractivity contribution in [3.63, 3.8) is 0 Å². The van der Waals surface area contributed by atoms with E-state index in [2.05, 4.69) is 77.0 Å². The van der Waals surface area contributed by atoms with Gasteiger partial charge in [0.2, 0.25) is 0 Å². The second kappa shape index (κ2) is 5.53. The zero-order chi connectivity index (χ0) is 15.0. The zero-order valence-electron chi connectivity index (χ0n) is 12.4. The highest BCUT2D eigenvalue weighted by molar-refractivity contribution is 9.10. The van der Waals surface area contributed by atoms with Gasteiger partial charge >= 0.3 is 0 Å². The van der Waals surface area contributed by atoms with Gasteiger partial charge in [-0.1, -0.05) is 34.1 Å². The van der Waals surface area contributed by atoms with Crippen LogP contribution >= 0.6 is 15.9 Å². The number of aromatic nitrogens is 2. The minimum atomic E-state index is 0.135. The molecule has 0 aliphatic carbocycles. The predicted molar refractivity (Wildman–Crippen MR) is 91.6 cm³/mol. The van der Waals surface area contributed by atoms with Gasteiger partial charge in [0.15, 0.2) is 0 Å². The fraction of sp³-hybridized carbons (Fsp3) is 0.235. The second-order valence-electron chi connectivity index (χ2n) is 5.34. The Morgan fingerprint density at radius 2 is 1.95 bits per heavy atom. The van der Waals surface area contributed by atoms with Crippen LogP contribution in [0.4, 0.5) is 5.69 Å². The largest absolute Gasteiger partial charge is 0.375 e. The zero-order valence-corrected chi connectivity index (χ0v) is 14.0. The maximum atomic E-state index is 4.75. The van der Waals surface area contributed by atoms with E-state index >= 15 is 0 Å². The summed E-state index contributed by atoms with van der Waals surface area (Å²) >= 11 is 3.52. The third-order valence-corrected chi connectivity index (χ3v) is 4.27. The number of imidazole rings is 1. The molecule has 21 heavy (non-hydrogen) atoms. The van der Waals surface area contributed by atoms with Crippen molar-refractivity contribution in [1.29, 1.82) is 0 Å². The van der Waals surface area contributed by atoms with Crippen LogP contribution in [0, 0.1) is 6.92 Å². The van der Waals surface area contributed by atoms with Crippen molar-refractivity contribution in [2.75, 3.05) is 5.32 Å². The van der Waals surface area contributed by atoms with Gasteiger partial charge < -0.3 is 9.88 Å². The number of fused-ring (bicyclic) bond motifs is 1. The number of aryl methyl sites for hydroxylation is 2. The lowest BCUT2D eigenvalue weighted by molar-refractivity contribution is 0.733. The van der Waals surface area contributed by atoms with Crippen molar-refractivity contribution in [3.8, 4) is 0 Å². The molecule has 3 aromatic rings. The molecule has 1 N–H and O–H groups in total. The lowest BCUT2D eigenvalue weighted by Crippen LogP contribution is -2.12. The first-order valence-electron chi connectivity index (χ1n) is 7.00. The maximum Gasteiger partial charge on any atom is 0.131 e. The molecule has 4 heteroatoms. The molecule has 0 amide bonds. The predicted octanol–water partition coefficient (Wildman–Crippen LogP) is 4.82. The highest BCUT2D eigenvalue weighted by Crippen LogP contribution is 2.26. The number of nitrogens with zero attached hydrogens (tertiary/aromatic N) is 2. The Morgan fingerprint density at radius 3 is 2.71 bits per heavy atom. The van der Waals surface area contributed by atoms with Crippen LogP contribution in [0.25, 0.3) is 11.0 Å². The number of nitrogens with one attached hydrogen (secondary N) is 1. The highest BCUT2D eigenvalue weighted by Gasteiger charge is 2.14. The van der Waals surface area contributed by atoms with E-state index in [4.69, 9.17) is 4.98 Å². The average Bonchev–Trinajstić information content (AvgIpc) is 2.81. The molecule has 0 fully saturated rings. The molecule has 0 radical (unpaired) electrons. The van der Waals surface area contributed by atoms with Gasteiger partial charge in [0.25, 0.3) is 0 Å². The molecule has 1 aromatic heterocycles. The number of benzene rings is 2. The van der Waals surface area contributed by atoms with E-state index in [-0.39, 0.29) is 6.04 Å². The van der Waals surface area contributed by atoms with Gasteiger partial charge in [-0.05, 0) is 43.7 Å². The van der Waals surface area contributed by atoms with Gasteiger partial charge in [-0.2, -0.15) is 0 Å².